The van der Waals surface area contributed by atoms with Crippen molar-refractivity contribution in [1.82, 2.24) is 0 Å². The average molecular weight is 762 g/mol. The number of hydrogen-bond donors (Lipinski definition) is 0. The van der Waals surface area contributed by atoms with Crippen molar-refractivity contribution in [2.24, 2.45) is 0 Å². The number of rotatable bonds is 5. The predicted molar refractivity (Wildman–Crippen MR) is 251 cm³/mol. The second-order valence-electron chi connectivity index (χ2n) is 16.7. The van der Waals surface area contributed by atoms with E-state index in [-0.39, 0.29) is 6.71 Å². The fourth-order valence-electron chi connectivity index (χ4n) is 9.79. The van der Waals surface area contributed by atoms with Crippen LogP contribution in [-0.2, 0) is 0 Å². The average Bonchev–Trinajstić information content (AvgIpc) is 3.61. The van der Waals surface area contributed by atoms with Gasteiger partial charge in [0.25, 0.3) is 6.71 Å². The zero-order valence-electron chi connectivity index (χ0n) is 34.3. The molecular weight excluding hydrogens is 717 g/mol. The Labute approximate surface area is 346 Å². The smallest absolute Gasteiger partial charge is 0.252 e. The Kier molecular flexibility index (Phi) is 7.93. The fourth-order valence-corrected chi connectivity index (χ4v) is 9.79. The van der Waals surface area contributed by atoms with Gasteiger partial charge in [-0.2, -0.15) is 0 Å². The van der Waals surface area contributed by atoms with Gasteiger partial charge < -0.3 is 19.1 Å². The number of fused-ring (bicyclic) bond motifs is 7. The SMILES string of the molecule is Cc1cccc(N2c3cc(C)ccc3B3c4ccc(C)cc4N(c4cccc(C)c4)c4cc(N(c5ccc(C)cc5C)c5cccc6c5oc5ccccc56)cc2c43)c1. The second-order valence-corrected chi connectivity index (χ2v) is 16.7. The first-order chi connectivity index (χ1) is 28.7. The number of anilines is 9. The molecule has 5 heteroatoms. The molecule has 0 amide bonds. The van der Waals surface area contributed by atoms with Gasteiger partial charge in [0, 0.05) is 50.6 Å². The van der Waals surface area contributed by atoms with E-state index in [1.807, 2.05) is 0 Å². The maximum absolute atomic E-state index is 6.83. The molecule has 4 nitrogen and oxygen atoms in total. The summed E-state index contributed by atoms with van der Waals surface area (Å²) in [5.41, 5.74) is 23.2. The van der Waals surface area contributed by atoms with Crippen LogP contribution in [0, 0.1) is 41.5 Å². The van der Waals surface area contributed by atoms with Crippen LogP contribution in [-0.4, -0.2) is 6.71 Å². The first-order valence-corrected chi connectivity index (χ1v) is 20.6. The summed E-state index contributed by atoms with van der Waals surface area (Å²) in [5, 5.41) is 2.22. The first-order valence-electron chi connectivity index (χ1n) is 20.6. The number of aryl methyl sites for hydroxylation is 6. The highest BCUT2D eigenvalue weighted by molar-refractivity contribution is 7.00. The maximum Gasteiger partial charge on any atom is 0.252 e. The molecule has 3 heterocycles. The lowest BCUT2D eigenvalue weighted by Crippen LogP contribution is -2.61. The minimum Gasteiger partial charge on any atom is -0.454 e. The summed E-state index contributed by atoms with van der Waals surface area (Å²) >= 11 is 0. The number of para-hydroxylation sites is 2. The topological polar surface area (TPSA) is 22.9 Å². The Bertz CT molecular complexity index is 3050. The number of furan rings is 1. The van der Waals surface area contributed by atoms with Gasteiger partial charge >= 0.3 is 0 Å². The Balaban J connectivity index is 1.30. The molecule has 8 aromatic carbocycles. The van der Waals surface area contributed by atoms with Crippen LogP contribution in [0.15, 0.2) is 162 Å². The molecule has 9 aromatic rings. The Morgan fingerprint density at radius 1 is 0.441 bits per heavy atom. The van der Waals surface area contributed by atoms with Crippen molar-refractivity contribution < 1.29 is 4.42 Å². The summed E-state index contributed by atoms with van der Waals surface area (Å²) < 4.78 is 6.83. The van der Waals surface area contributed by atoms with E-state index in [4.69, 9.17) is 4.42 Å². The monoisotopic (exact) mass is 761 g/mol. The molecule has 0 saturated heterocycles. The summed E-state index contributed by atoms with van der Waals surface area (Å²) in [6, 6.07) is 58.6. The third-order valence-electron chi connectivity index (χ3n) is 12.4. The van der Waals surface area contributed by atoms with E-state index in [1.54, 1.807) is 0 Å². The molecule has 0 atom stereocenters. The van der Waals surface area contributed by atoms with Crippen molar-refractivity contribution >= 4 is 96.2 Å². The summed E-state index contributed by atoms with van der Waals surface area (Å²) in [6.45, 7) is 13.2. The normalized spacial score (nSPS) is 12.8. The molecule has 0 unspecified atom stereocenters. The van der Waals surface area contributed by atoms with Crippen LogP contribution in [0.25, 0.3) is 21.9 Å². The Morgan fingerprint density at radius 2 is 0.983 bits per heavy atom. The third-order valence-corrected chi connectivity index (χ3v) is 12.4. The predicted octanol–water partition coefficient (Wildman–Crippen LogP) is 13.0. The summed E-state index contributed by atoms with van der Waals surface area (Å²) in [6.07, 6.45) is 0. The third kappa shape index (κ3) is 5.52. The van der Waals surface area contributed by atoms with Crippen LogP contribution in [0.4, 0.5) is 51.2 Å². The molecular formula is C54H44BN3O. The van der Waals surface area contributed by atoms with Gasteiger partial charge in [-0.05, 0) is 152 Å². The van der Waals surface area contributed by atoms with E-state index in [1.165, 1.54) is 72.5 Å². The largest absolute Gasteiger partial charge is 0.454 e. The van der Waals surface area contributed by atoms with Gasteiger partial charge in [0.1, 0.15) is 5.58 Å². The highest BCUT2D eigenvalue weighted by Crippen LogP contribution is 2.50. The van der Waals surface area contributed by atoms with Crippen LogP contribution in [0.5, 0.6) is 0 Å². The van der Waals surface area contributed by atoms with Crippen LogP contribution in [0.2, 0.25) is 0 Å². The molecule has 0 N–H and O–H groups in total. The minimum absolute atomic E-state index is 0.0238. The molecule has 2 aliphatic heterocycles. The van der Waals surface area contributed by atoms with Crippen LogP contribution in [0.3, 0.4) is 0 Å². The fraction of sp³-hybridized carbons (Fsp3) is 0.111. The van der Waals surface area contributed by atoms with Crippen LogP contribution in [0.1, 0.15) is 33.4 Å². The molecule has 2 aliphatic rings. The molecule has 0 saturated carbocycles. The highest BCUT2D eigenvalue weighted by Gasteiger charge is 2.44. The molecule has 0 radical (unpaired) electrons. The molecule has 11 rings (SSSR count). The molecule has 0 spiro atoms. The van der Waals surface area contributed by atoms with Crippen molar-refractivity contribution in [3.63, 3.8) is 0 Å². The van der Waals surface area contributed by atoms with Crippen LogP contribution >= 0.6 is 0 Å². The van der Waals surface area contributed by atoms with E-state index in [0.29, 0.717) is 0 Å². The lowest BCUT2D eigenvalue weighted by molar-refractivity contribution is 0.669. The Hall–Kier alpha value is -6.98. The lowest BCUT2D eigenvalue weighted by atomic mass is 9.33. The van der Waals surface area contributed by atoms with Gasteiger partial charge in [-0.1, -0.05) is 96.6 Å². The standard InChI is InChI=1S/C54H44BN3O/c1-33-12-9-14-39(27-33)56-48-29-36(4)20-23-44(48)55-45-24-21-37(5)30-49(45)57(40-15-10-13-34(2)28-40)51-32-41(31-50(56)53(51)55)58(46-25-22-35(3)26-38(46)6)47-18-11-17-43-42-16-7-8-19-52(42)59-54(43)47/h7-32H,1-6H3. The zero-order chi connectivity index (χ0) is 40.1. The van der Waals surface area contributed by atoms with E-state index in [0.717, 1.165) is 50.4 Å². The minimum atomic E-state index is 0.0238. The maximum atomic E-state index is 6.83. The zero-order valence-corrected chi connectivity index (χ0v) is 34.3. The quantitative estimate of drug-likeness (QED) is 0.163. The van der Waals surface area contributed by atoms with Gasteiger partial charge in [0.05, 0.1) is 11.4 Å². The Morgan fingerprint density at radius 3 is 1.59 bits per heavy atom. The molecule has 1 aromatic heterocycles. The summed E-state index contributed by atoms with van der Waals surface area (Å²) in [5.74, 6) is 0. The van der Waals surface area contributed by atoms with E-state index < -0.39 is 0 Å². The van der Waals surface area contributed by atoms with Crippen molar-refractivity contribution in [2.75, 3.05) is 14.7 Å². The van der Waals surface area contributed by atoms with Crippen LogP contribution < -0.4 is 31.1 Å². The number of benzene rings is 8. The van der Waals surface area contributed by atoms with Gasteiger partial charge in [-0.25, -0.2) is 0 Å². The van der Waals surface area contributed by atoms with Gasteiger partial charge in [0.15, 0.2) is 5.58 Å². The van der Waals surface area contributed by atoms with E-state index in [2.05, 4.69) is 214 Å². The molecule has 59 heavy (non-hydrogen) atoms. The molecule has 0 aliphatic carbocycles. The van der Waals surface area contributed by atoms with Gasteiger partial charge in [-0.15, -0.1) is 0 Å². The highest BCUT2D eigenvalue weighted by atomic mass is 16.3. The van der Waals surface area contributed by atoms with Crippen molar-refractivity contribution in [1.29, 1.82) is 0 Å². The summed E-state index contributed by atoms with van der Waals surface area (Å²) in [7, 11) is 0. The van der Waals surface area contributed by atoms with Crippen molar-refractivity contribution in [3.8, 4) is 0 Å². The molecule has 284 valence electrons. The van der Waals surface area contributed by atoms with Gasteiger partial charge in [-0.3, -0.25) is 0 Å². The van der Waals surface area contributed by atoms with E-state index in [9.17, 15) is 0 Å². The van der Waals surface area contributed by atoms with Crippen molar-refractivity contribution in [3.05, 3.63) is 191 Å². The number of nitrogens with zero attached hydrogens (tertiary/aromatic N) is 3. The second kappa shape index (κ2) is 13.3. The summed E-state index contributed by atoms with van der Waals surface area (Å²) in [4.78, 5) is 7.47. The van der Waals surface area contributed by atoms with E-state index >= 15 is 0 Å². The molecule has 0 fully saturated rings. The lowest BCUT2D eigenvalue weighted by Gasteiger charge is -2.45. The van der Waals surface area contributed by atoms with Crippen molar-refractivity contribution in [2.45, 2.75) is 41.5 Å². The van der Waals surface area contributed by atoms with Gasteiger partial charge in [0.2, 0.25) is 0 Å². The number of hydrogen-bond acceptors (Lipinski definition) is 4. The molecule has 0 bridgehead atoms. The first kappa shape index (κ1) is 35.2.